The lowest BCUT2D eigenvalue weighted by molar-refractivity contribution is 0.207. The van der Waals surface area contributed by atoms with Crippen molar-refractivity contribution in [1.82, 2.24) is 4.90 Å². The molecule has 2 atom stereocenters. The highest BCUT2D eigenvalue weighted by Gasteiger charge is 2.23. The Balaban J connectivity index is 1.94. The molecule has 1 aromatic carbocycles. The van der Waals surface area contributed by atoms with Crippen LogP contribution in [0.1, 0.15) is 32.8 Å². The average Bonchev–Trinajstić information content (AvgIpc) is 2.77. The number of hydrogen-bond donors (Lipinski definition) is 1. The number of para-hydroxylation sites is 1. The van der Waals surface area contributed by atoms with Crippen molar-refractivity contribution in [3.05, 3.63) is 29.8 Å². The quantitative estimate of drug-likeness (QED) is 0.839. The zero-order valence-electron chi connectivity index (χ0n) is 11.2. The molecule has 0 aromatic heterocycles. The summed E-state index contributed by atoms with van der Waals surface area (Å²) >= 11 is 0. The fourth-order valence-electron chi connectivity index (χ4n) is 2.65. The summed E-state index contributed by atoms with van der Waals surface area (Å²) in [4.78, 5) is 2.57. The number of nitrogens with one attached hydrogen (secondary N) is 1. The summed E-state index contributed by atoms with van der Waals surface area (Å²) in [5.74, 6) is 0. The summed E-state index contributed by atoms with van der Waals surface area (Å²) in [6.07, 6.45) is 2.40. The van der Waals surface area contributed by atoms with Crippen molar-refractivity contribution in [3.8, 4) is 0 Å². The molecule has 0 aliphatic carbocycles. The first-order valence-corrected chi connectivity index (χ1v) is 6.83. The Morgan fingerprint density at radius 2 is 2.12 bits per heavy atom. The molecule has 1 N–H and O–H groups in total. The van der Waals surface area contributed by atoms with Gasteiger partial charge in [0.25, 0.3) is 0 Å². The van der Waals surface area contributed by atoms with Gasteiger partial charge in [0.1, 0.15) is 0 Å². The minimum atomic E-state index is 0.585. The van der Waals surface area contributed by atoms with E-state index in [1.165, 1.54) is 24.1 Å². The zero-order valence-corrected chi connectivity index (χ0v) is 11.2. The molecular formula is C15H24N2. The van der Waals surface area contributed by atoms with E-state index in [0.717, 1.165) is 13.1 Å². The highest BCUT2D eigenvalue weighted by Crippen LogP contribution is 2.25. The van der Waals surface area contributed by atoms with Crippen LogP contribution >= 0.6 is 0 Å². The van der Waals surface area contributed by atoms with Crippen molar-refractivity contribution in [2.24, 2.45) is 0 Å². The van der Waals surface area contributed by atoms with Crippen LogP contribution in [0.15, 0.2) is 24.3 Å². The highest BCUT2D eigenvalue weighted by molar-refractivity contribution is 5.56. The predicted molar refractivity (Wildman–Crippen MR) is 74.6 cm³/mol. The van der Waals surface area contributed by atoms with Gasteiger partial charge in [0, 0.05) is 24.3 Å². The van der Waals surface area contributed by atoms with Crippen LogP contribution in [0.5, 0.6) is 0 Å². The van der Waals surface area contributed by atoms with Gasteiger partial charge in [-0.25, -0.2) is 0 Å². The Labute approximate surface area is 105 Å². The first-order valence-electron chi connectivity index (χ1n) is 6.83. The van der Waals surface area contributed by atoms with Gasteiger partial charge in [0.05, 0.1) is 0 Å². The SMILES string of the molecule is CCC(C)N(CC)CC1Cc2ccccc2N1. The van der Waals surface area contributed by atoms with E-state index in [-0.39, 0.29) is 0 Å². The third-order valence-electron chi connectivity index (χ3n) is 3.92. The Hall–Kier alpha value is -1.02. The maximum Gasteiger partial charge on any atom is 0.0429 e. The van der Waals surface area contributed by atoms with Crippen LogP contribution in [-0.4, -0.2) is 30.1 Å². The van der Waals surface area contributed by atoms with Crippen LogP contribution < -0.4 is 5.32 Å². The molecule has 1 heterocycles. The minimum absolute atomic E-state index is 0.585. The molecule has 1 aliphatic rings. The molecule has 0 bridgehead atoms. The second-order valence-corrected chi connectivity index (χ2v) is 5.05. The second-order valence-electron chi connectivity index (χ2n) is 5.05. The van der Waals surface area contributed by atoms with Gasteiger partial charge >= 0.3 is 0 Å². The van der Waals surface area contributed by atoms with Crippen LogP contribution in [-0.2, 0) is 6.42 Å². The summed E-state index contributed by atoms with van der Waals surface area (Å²) in [7, 11) is 0. The van der Waals surface area contributed by atoms with E-state index in [1.807, 2.05) is 0 Å². The van der Waals surface area contributed by atoms with Gasteiger partial charge in [-0.05, 0) is 37.9 Å². The van der Waals surface area contributed by atoms with Crippen molar-refractivity contribution in [1.29, 1.82) is 0 Å². The summed E-state index contributed by atoms with van der Waals surface area (Å²) < 4.78 is 0. The number of nitrogens with zero attached hydrogens (tertiary/aromatic N) is 1. The van der Waals surface area contributed by atoms with Gasteiger partial charge in [-0.15, -0.1) is 0 Å². The van der Waals surface area contributed by atoms with Crippen molar-refractivity contribution in [2.45, 2.75) is 45.7 Å². The van der Waals surface area contributed by atoms with Gasteiger partial charge < -0.3 is 5.32 Å². The topological polar surface area (TPSA) is 15.3 Å². The zero-order chi connectivity index (χ0) is 12.3. The fourth-order valence-corrected chi connectivity index (χ4v) is 2.65. The van der Waals surface area contributed by atoms with Gasteiger partial charge in [-0.2, -0.15) is 0 Å². The largest absolute Gasteiger partial charge is 0.380 e. The third-order valence-corrected chi connectivity index (χ3v) is 3.92. The first-order chi connectivity index (χ1) is 8.24. The van der Waals surface area contributed by atoms with Crippen LogP contribution in [0.25, 0.3) is 0 Å². The lowest BCUT2D eigenvalue weighted by Crippen LogP contribution is -2.40. The number of benzene rings is 1. The highest BCUT2D eigenvalue weighted by atomic mass is 15.2. The summed E-state index contributed by atoms with van der Waals surface area (Å²) in [5.41, 5.74) is 2.80. The molecule has 2 rings (SSSR count). The standard InChI is InChI=1S/C15H24N2/c1-4-12(3)17(5-2)11-14-10-13-8-6-7-9-15(13)16-14/h6-9,12,14,16H,4-5,10-11H2,1-3H3. The van der Waals surface area contributed by atoms with Gasteiger partial charge in [0.2, 0.25) is 0 Å². The molecule has 0 saturated carbocycles. The number of hydrogen-bond acceptors (Lipinski definition) is 2. The van der Waals surface area contributed by atoms with Gasteiger partial charge in [-0.1, -0.05) is 32.0 Å². The molecule has 0 spiro atoms. The van der Waals surface area contributed by atoms with Crippen LogP contribution in [0.3, 0.4) is 0 Å². The number of likely N-dealkylation sites (N-methyl/N-ethyl adjacent to an activating group) is 1. The fraction of sp³-hybridized carbons (Fsp3) is 0.600. The van der Waals surface area contributed by atoms with Gasteiger partial charge in [0.15, 0.2) is 0 Å². The maximum absolute atomic E-state index is 3.64. The van der Waals surface area contributed by atoms with Crippen molar-refractivity contribution in [2.75, 3.05) is 18.4 Å². The number of anilines is 1. The normalized spacial score (nSPS) is 20.1. The summed E-state index contributed by atoms with van der Waals surface area (Å²) in [6.45, 7) is 9.15. The lowest BCUT2D eigenvalue weighted by atomic mass is 10.1. The molecule has 0 radical (unpaired) electrons. The molecule has 0 amide bonds. The van der Waals surface area contributed by atoms with Crippen molar-refractivity contribution < 1.29 is 0 Å². The Morgan fingerprint density at radius 1 is 1.35 bits per heavy atom. The molecule has 1 aliphatic heterocycles. The van der Waals surface area contributed by atoms with Crippen LogP contribution in [0, 0.1) is 0 Å². The van der Waals surface area contributed by atoms with Crippen molar-refractivity contribution >= 4 is 5.69 Å². The summed E-state index contributed by atoms with van der Waals surface area (Å²) in [6, 6.07) is 9.94. The van der Waals surface area contributed by atoms with E-state index in [4.69, 9.17) is 0 Å². The van der Waals surface area contributed by atoms with E-state index in [2.05, 4.69) is 55.3 Å². The smallest absolute Gasteiger partial charge is 0.0429 e. The lowest BCUT2D eigenvalue weighted by Gasteiger charge is -2.29. The Bertz CT molecular complexity index is 337. The van der Waals surface area contributed by atoms with E-state index >= 15 is 0 Å². The van der Waals surface area contributed by atoms with Crippen LogP contribution in [0.4, 0.5) is 5.69 Å². The molecule has 1 aromatic rings. The Kier molecular flexibility index (Phi) is 4.06. The van der Waals surface area contributed by atoms with Crippen molar-refractivity contribution in [3.63, 3.8) is 0 Å². The Morgan fingerprint density at radius 3 is 2.76 bits per heavy atom. The molecule has 0 fully saturated rings. The predicted octanol–water partition coefficient (Wildman–Crippen LogP) is 3.14. The van der Waals surface area contributed by atoms with E-state index in [0.29, 0.717) is 12.1 Å². The first kappa shape index (κ1) is 12.4. The minimum Gasteiger partial charge on any atom is -0.380 e. The monoisotopic (exact) mass is 232 g/mol. The third kappa shape index (κ3) is 2.81. The van der Waals surface area contributed by atoms with E-state index in [1.54, 1.807) is 0 Å². The molecule has 2 unspecified atom stereocenters. The number of rotatable bonds is 5. The molecule has 0 saturated heterocycles. The molecule has 94 valence electrons. The van der Waals surface area contributed by atoms with Gasteiger partial charge in [-0.3, -0.25) is 4.90 Å². The molecule has 17 heavy (non-hydrogen) atoms. The van der Waals surface area contributed by atoms with E-state index in [9.17, 15) is 0 Å². The second kappa shape index (κ2) is 5.54. The average molecular weight is 232 g/mol. The van der Waals surface area contributed by atoms with E-state index < -0.39 is 0 Å². The molecular weight excluding hydrogens is 208 g/mol. The molecule has 2 nitrogen and oxygen atoms in total. The maximum atomic E-state index is 3.64. The molecule has 2 heteroatoms. The van der Waals surface area contributed by atoms with Crippen LogP contribution in [0.2, 0.25) is 0 Å². The number of fused-ring (bicyclic) bond motifs is 1. The summed E-state index contributed by atoms with van der Waals surface area (Å²) in [5, 5.41) is 3.64.